The van der Waals surface area contributed by atoms with Gasteiger partial charge in [0, 0.05) is 18.5 Å². The van der Waals surface area contributed by atoms with Gasteiger partial charge in [0.25, 0.3) is 0 Å². The fourth-order valence-electron chi connectivity index (χ4n) is 1.82. The summed E-state index contributed by atoms with van der Waals surface area (Å²) in [7, 11) is 0. The van der Waals surface area contributed by atoms with Gasteiger partial charge >= 0.3 is 5.97 Å². The van der Waals surface area contributed by atoms with E-state index in [0.29, 0.717) is 19.1 Å². The van der Waals surface area contributed by atoms with Gasteiger partial charge in [-0.05, 0) is 19.8 Å². The van der Waals surface area contributed by atoms with Crippen LogP contribution in [0.1, 0.15) is 45.3 Å². The molecule has 5 nitrogen and oxygen atoms in total. The quantitative estimate of drug-likeness (QED) is 0.744. The standard InChI is InChI=1S/C13H22N2O3S/c1-5-18-7-10(4)15-11(9(2)3)6-14-13(15)19-8-12(16)17/h6,9-10H,5,7-8H2,1-4H3,(H,16,17). The average Bonchev–Trinajstić information content (AvgIpc) is 2.77. The molecule has 0 aliphatic rings. The Bertz CT molecular complexity index is 418. The minimum atomic E-state index is -0.830. The summed E-state index contributed by atoms with van der Waals surface area (Å²) in [6, 6.07) is 0.149. The first kappa shape index (κ1) is 16.0. The zero-order chi connectivity index (χ0) is 14.4. The molecule has 1 rings (SSSR count). The monoisotopic (exact) mass is 286 g/mol. The van der Waals surface area contributed by atoms with Crippen molar-refractivity contribution < 1.29 is 14.6 Å². The summed E-state index contributed by atoms with van der Waals surface area (Å²) in [4.78, 5) is 15.0. The Kier molecular flexibility index (Phi) is 6.37. The van der Waals surface area contributed by atoms with E-state index in [4.69, 9.17) is 9.84 Å². The van der Waals surface area contributed by atoms with Crippen LogP contribution in [0, 0.1) is 0 Å². The molecule has 1 atom stereocenters. The number of carboxylic acids is 1. The number of hydrogen-bond acceptors (Lipinski definition) is 4. The lowest BCUT2D eigenvalue weighted by Gasteiger charge is -2.20. The molecule has 0 spiro atoms. The first-order chi connectivity index (χ1) is 8.97. The number of thioether (sulfide) groups is 1. The first-order valence-corrected chi connectivity index (χ1v) is 7.45. The lowest BCUT2D eigenvalue weighted by molar-refractivity contribution is -0.133. The Balaban J connectivity index is 2.93. The number of carboxylic acid groups (broad SMARTS) is 1. The highest BCUT2D eigenvalue weighted by Crippen LogP contribution is 2.27. The highest BCUT2D eigenvalue weighted by atomic mass is 32.2. The summed E-state index contributed by atoms with van der Waals surface area (Å²) in [6.07, 6.45) is 1.83. The lowest BCUT2D eigenvalue weighted by atomic mass is 10.1. The summed E-state index contributed by atoms with van der Waals surface area (Å²) < 4.78 is 7.55. The Morgan fingerprint density at radius 1 is 1.53 bits per heavy atom. The molecule has 0 aliphatic heterocycles. The third-order valence-electron chi connectivity index (χ3n) is 2.71. The highest BCUT2D eigenvalue weighted by molar-refractivity contribution is 7.99. The van der Waals surface area contributed by atoms with Crippen LogP contribution in [0.5, 0.6) is 0 Å². The maximum atomic E-state index is 10.7. The molecule has 0 amide bonds. The number of ether oxygens (including phenoxy) is 1. The molecule has 1 unspecified atom stereocenters. The number of rotatable bonds is 8. The number of nitrogens with zero attached hydrogens (tertiary/aromatic N) is 2. The van der Waals surface area contributed by atoms with Gasteiger partial charge in [0.2, 0.25) is 0 Å². The number of aliphatic carboxylic acids is 1. The summed E-state index contributed by atoms with van der Waals surface area (Å²) in [5, 5.41) is 9.53. The summed E-state index contributed by atoms with van der Waals surface area (Å²) in [5.41, 5.74) is 1.11. The van der Waals surface area contributed by atoms with E-state index in [-0.39, 0.29) is 11.8 Å². The zero-order valence-electron chi connectivity index (χ0n) is 11.9. The van der Waals surface area contributed by atoms with Gasteiger partial charge in [-0.15, -0.1) is 0 Å². The Labute approximate surface area is 118 Å². The van der Waals surface area contributed by atoms with Crippen LogP contribution in [0.15, 0.2) is 11.4 Å². The third-order valence-corrected chi connectivity index (χ3v) is 3.66. The van der Waals surface area contributed by atoms with E-state index < -0.39 is 5.97 Å². The van der Waals surface area contributed by atoms with Gasteiger partial charge in [-0.2, -0.15) is 0 Å². The van der Waals surface area contributed by atoms with E-state index >= 15 is 0 Å². The second-order valence-corrected chi connectivity index (χ2v) is 5.62. The molecule has 0 saturated carbocycles. The lowest BCUT2D eigenvalue weighted by Crippen LogP contribution is -2.17. The zero-order valence-corrected chi connectivity index (χ0v) is 12.7. The Morgan fingerprint density at radius 3 is 2.74 bits per heavy atom. The predicted octanol–water partition coefficient (Wildman–Crippen LogP) is 2.78. The van der Waals surface area contributed by atoms with Crippen LogP contribution in [0.2, 0.25) is 0 Å². The van der Waals surface area contributed by atoms with Crippen LogP contribution >= 0.6 is 11.8 Å². The van der Waals surface area contributed by atoms with E-state index in [1.54, 1.807) is 0 Å². The highest BCUT2D eigenvalue weighted by Gasteiger charge is 2.18. The molecule has 0 aromatic carbocycles. The average molecular weight is 286 g/mol. The second kappa shape index (κ2) is 7.55. The van der Waals surface area contributed by atoms with Gasteiger partial charge < -0.3 is 14.4 Å². The molecule has 0 radical (unpaired) electrons. The maximum absolute atomic E-state index is 10.7. The van der Waals surface area contributed by atoms with Crippen LogP contribution in [0.3, 0.4) is 0 Å². The number of aromatic nitrogens is 2. The molecule has 6 heteroatoms. The number of carbonyl (C=O) groups is 1. The van der Waals surface area contributed by atoms with Crippen LogP contribution < -0.4 is 0 Å². The molecule has 1 heterocycles. The van der Waals surface area contributed by atoms with Crippen molar-refractivity contribution in [3.05, 3.63) is 11.9 Å². The normalized spacial score (nSPS) is 12.9. The molecule has 19 heavy (non-hydrogen) atoms. The Morgan fingerprint density at radius 2 is 2.21 bits per heavy atom. The number of imidazole rings is 1. The minimum absolute atomic E-state index is 0.0237. The van der Waals surface area contributed by atoms with Gasteiger partial charge in [0.15, 0.2) is 5.16 Å². The minimum Gasteiger partial charge on any atom is -0.481 e. The molecule has 1 aromatic heterocycles. The molecule has 0 aliphatic carbocycles. The van der Waals surface area contributed by atoms with E-state index in [0.717, 1.165) is 10.9 Å². The molecule has 108 valence electrons. The fourth-order valence-corrected chi connectivity index (χ4v) is 2.63. The third kappa shape index (κ3) is 4.54. The molecule has 0 bridgehead atoms. The van der Waals surface area contributed by atoms with Crippen molar-refractivity contribution in [1.29, 1.82) is 0 Å². The van der Waals surface area contributed by atoms with Crippen molar-refractivity contribution in [1.82, 2.24) is 9.55 Å². The topological polar surface area (TPSA) is 64.4 Å². The van der Waals surface area contributed by atoms with Gasteiger partial charge in [0.05, 0.1) is 18.4 Å². The van der Waals surface area contributed by atoms with Crippen molar-refractivity contribution >= 4 is 17.7 Å². The number of hydrogen-bond donors (Lipinski definition) is 1. The van der Waals surface area contributed by atoms with Crippen molar-refractivity contribution in [3.8, 4) is 0 Å². The maximum Gasteiger partial charge on any atom is 0.313 e. The smallest absolute Gasteiger partial charge is 0.313 e. The van der Waals surface area contributed by atoms with E-state index in [2.05, 4.69) is 30.3 Å². The van der Waals surface area contributed by atoms with Gasteiger partial charge in [0.1, 0.15) is 0 Å². The van der Waals surface area contributed by atoms with Crippen LogP contribution in [0.25, 0.3) is 0 Å². The van der Waals surface area contributed by atoms with Crippen molar-refractivity contribution in [2.24, 2.45) is 0 Å². The predicted molar refractivity (Wildman–Crippen MR) is 75.9 cm³/mol. The molecular weight excluding hydrogens is 264 g/mol. The first-order valence-electron chi connectivity index (χ1n) is 6.46. The second-order valence-electron chi connectivity index (χ2n) is 4.68. The van der Waals surface area contributed by atoms with Crippen LogP contribution in [-0.4, -0.2) is 39.6 Å². The summed E-state index contributed by atoms with van der Waals surface area (Å²) >= 11 is 1.25. The molecule has 0 saturated heterocycles. The van der Waals surface area contributed by atoms with Gasteiger partial charge in [-0.3, -0.25) is 4.79 Å². The van der Waals surface area contributed by atoms with Crippen molar-refractivity contribution in [2.45, 2.75) is 44.8 Å². The Hall–Kier alpha value is -1.01. The van der Waals surface area contributed by atoms with Crippen molar-refractivity contribution in [3.63, 3.8) is 0 Å². The van der Waals surface area contributed by atoms with Crippen LogP contribution in [0.4, 0.5) is 0 Å². The van der Waals surface area contributed by atoms with Crippen molar-refractivity contribution in [2.75, 3.05) is 19.0 Å². The SMILES string of the molecule is CCOCC(C)n1c(C(C)C)cnc1SCC(=O)O. The molecule has 1 aromatic rings. The van der Waals surface area contributed by atoms with E-state index in [1.807, 2.05) is 13.1 Å². The largest absolute Gasteiger partial charge is 0.481 e. The molecular formula is C13H22N2O3S. The van der Waals surface area contributed by atoms with E-state index in [1.165, 1.54) is 11.8 Å². The fraction of sp³-hybridized carbons (Fsp3) is 0.692. The molecule has 0 fully saturated rings. The summed E-state index contributed by atoms with van der Waals surface area (Å²) in [6.45, 7) is 9.51. The van der Waals surface area contributed by atoms with Gasteiger partial charge in [-0.1, -0.05) is 25.6 Å². The van der Waals surface area contributed by atoms with Gasteiger partial charge in [-0.25, -0.2) is 4.98 Å². The summed E-state index contributed by atoms with van der Waals surface area (Å²) in [5.74, 6) is -0.463. The van der Waals surface area contributed by atoms with E-state index in [9.17, 15) is 4.79 Å². The molecule has 1 N–H and O–H groups in total. The van der Waals surface area contributed by atoms with Crippen LogP contribution in [-0.2, 0) is 9.53 Å².